The second kappa shape index (κ2) is 5.70. The van der Waals surface area contributed by atoms with Crippen LogP contribution in [-0.2, 0) is 9.47 Å². The van der Waals surface area contributed by atoms with Crippen molar-refractivity contribution in [2.24, 2.45) is 11.7 Å². The second-order valence-corrected chi connectivity index (χ2v) is 7.31. The van der Waals surface area contributed by atoms with E-state index in [2.05, 4.69) is 11.8 Å². The molecular formula is C14H25NO2S. The first-order valence-corrected chi connectivity index (χ1v) is 8.47. The van der Waals surface area contributed by atoms with E-state index >= 15 is 0 Å². The molecule has 3 fully saturated rings. The molecule has 104 valence electrons. The largest absolute Gasteiger partial charge is 0.347 e. The lowest BCUT2D eigenvalue weighted by molar-refractivity contribution is -0.176. The topological polar surface area (TPSA) is 44.5 Å². The van der Waals surface area contributed by atoms with Crippen LogP contribution in [0.2, 0.25) is 0 Å². The van der Waals surface area contributed by atoms with Gasteiger partial charge in [0, 0.05) is 24.1 Å². The summed E-state index contributed by atoms with van der Waals surface area (Å²) < 4.78 is 11.7. The number of hydrogen-bond donors (Lipinski definition) is 1. The van der Waals surface area contributed by atoms with Crippen molar-refractivity contribution in [1.82, 2.24) is 0 Å². The Morgan fingerprint density at radius 2 is 1.83 bits per heavy atom. The highest BCUT2D eigenvalue weighted by Crippen LogP contribution is 2.41. The Hall–Kier alpha value is 0.230. The predicted molar refractivity (Wildman–Crippen MR) is 74.7 cm³/mol. The zero-order chi connectivity index (χ0) is 12.4. The van der Waals surface area contributed by atoms with Crippen molar-refractivity contribution in [2.75, 3.05) is 19.0 Å². The maximum atomic E-state index is 6.28. The molecule has 2 aliphatic carbocycles. The van der Waals surface area contributed by atoms with E-state index in [9.17, 15) is 0 Å². The standard InChI is InChI=1S/C14H25NO2S/c15-12-5-6-14(16-7-8-17-14)9-13(12)18-10-11-3-1-2-4-11/h11-13H,1-10,15H2. The van der Waals surface area contributed by atoms with E-state index in [4.69, 9.17) is 15.2 Å². The molecule has 2 unspecified atom stereocenters. The van der Waals surface area contributed by atoms with Crippen LogP contribution >= 0.6 is 11.8 Å². The Morgan fingerprint density at radius 1 is 1.11 bits per heavy atom. The molecule has 3 nitrogen and oxygen atoms in total. The molecule has 0 aromatic rings. The molecule has 2 atom stereocenters. The molecule has 1 saturated heterocycles. The van der Waals surface area contributed by atoms with Crippen LogP contribution in [0, 0.1) is 5.92 Å². The van der Waals surface area contributed by atoms with Crippen LogP contribution < -0.4 is 5.73 Å². The van der Waals surface area contributed by atoms with Crippen LogP contribution in [0.1, 0.15) is 44.9 Å². The van der Waals surface area contributed by atoms with E-state index in [1.54, 1.807) is 0 Å². The van der Waals surface area contributed by atoms with Gasteiger partial charge < -0.3 is 15.2 Å². The summed E-state index contributed by atoms with van der Waals surface area (Å²) in [7, 11) is 0. The fraction of sp³-hybridized carbons (Fsp3) is 1.00. The minimum atomic E-state index is -0.275. The molecule has 1 aliphatic heterocycles. The van der Waals surface area contributed by atoms with Gasteiger partial charge in [-0.1, -0.05) is 12.8 Å². The van der Waals surface area contributed by atoms with Gasteiger partial charge in [0.05, 0.1) is 13.2 Å². The molecule has 0 aromatic heterocycles. The first kappa shape index (κ1) is 13.2. The lowest BCUT2D eigenvalue weighted by Gasteiger charge is -2.39. The lowest BCUT2D eigenvalue weighted by Crippen LogP contribution is -2.47. The summed E-state index contributed by atoms with van der Waals surface area (Å²) in [6, 6.07) is 0.329. The van der Waals surface area contributed by atoms with Crippen molar-refractivity contribution in [3.63, 3.8) is 0 Å². The molecular weight excluding hydrogens is 246 g/mol. The summed E-state index contributed by atoms with van der Waals surface area (Å²) in [5, 5.41) is 0.525. The fourth-order valence-electron chi connectivity index (χ4n) is 3.51. The summed E-state index contributed by atoms with van der Waals surface area (Å²) in [6.45, 7) is 1.52. The molecule has 1 heterocycles. The van der Waals surface area contributed by atoms with Gasteiger partial charge in [0.25, 0.3) is 0 Å². The highest BCUT2D eigenvalue weighted by molar-refractivity contribution is 7.99. The molecule has 2 saturated carbocycles. The molecule has 4 heteroatoms. The summed E-state index contributed by atoms with van der Waals surface area (Å²) in [5.41, 5.74) is 6.28. The van der Waals surface area contributed by atoms with Crippen molar-refractivity contribution in [1.29, 1.82) is 0 Å². The average molecular weight is 271 g/mol. The molecule has 3 aliphatic rings. The van der Waals surface area contributed by atoms with E-state index in [0.717, 1.165) is 38.4 Å². The van der Waals surface area contributed by atoms with Gasteiger partial charge in [0.15, 0.2) is 5.79 Å². The van der Waals surface area contributed by atoms with Gasteiger partial charge in [0.1, 0.15) is 0 Å². The number of rotatable bonds is 3. The normalized spacial score (nSPS) is 36.5. The van der Waals surface area contributed by atoms with Crippen LogP contribution in [0.15, 0.2) is 0 Å². The van der Waals surface area contributed by atoms with Crippen molar-refractivity contribution in [3.05, 3.63) is 0 Å². The van der Waals surface area contributed by atoms with E-state index in [1.807, 2.05) is 0 Å². The van der Waals surface area contributed by atoms with Gasteiger partial charge in [-0.25, -0.2) is 0 Å². The summed E-state index contributed by atoms with van der Waals surface area (Å²) >= 11 is 2.08. The Kier molecular flexibility index (Phi) is 4.18. The Balaban J connectivity index is 1.52. The van der Waals surface area contributed by atoms with Crippen LogP contribution in [0.5, 0.6) is 0 Å². The quantitative estimate of drug-likeness (QED) is 0.856. The third-order valence-corrected chi connectivity index (χ3v) is 6.29. The Morgan fingerprint density at radius 3 is 2.56 bits per heavy atom. The minimum Gasteiger partial charge on any atom is -0.347 e. The van der Waals surface area contributed by atoms with Crippen LogP contribution in [0.25, 0.3) is 0 Å². The zero-order valence-electron chi connectivity index (χ0n) is 11.1. The number of nitrogens with two attached hydrogens (primary N) is 1. The third-order valence-electron chi connectivity index (χ3n) is 4.68. The van der Waals surface area contributed by atoms with Crippen molar-refractivity contribution in [2.45, 2.75) is 62.0 Å². The number of thioether (sulfide) groups is 1. The average Bonchev–Trinajstić information content (AvgIpc) is 3.03. The van der Waals surface area contributed by atoms with Gasteiger partial charge in [-0.15, -0.1) is 0 Å². The van der Waals surface area contributed by atoms with Crippen molar-refractivity contribution < 1.29 is 9.47 Å². The highest BCUT2D eigenvalue weighted by Gasteiger charge is 2.44. The molecule has 0 radical (unpaired) electrons. The predicted octanol–water partition coefficient (Wildman–Crippen LogP) is 2.53. The summed E-state index contributed by atoms with van der Waals surface area (Å²) in [4.78, 5) is 0. The Labute approximate surface area is 114 Å². The first-order chi connectivity index (χ1) is 8.77. The second-order valence-electron chi connectivity index (χ2n) is 6.04. The van der Waals surface area contributed by atoms with E-state index in [-0.39, 0.29) is 5.79 Å². The number of hydrogen-bond acceptors (Lipinski definition) is 4. The monoisotopic (exact) mass is 271 g/mol. The van der Waals surface area contributed by atoms with E-state index in [0.29, 0.717) is 11.3 Å². The molecule has 3 rings (SSSR count). The van der Waals surface area contributed by atoms with Crippen molar-refractivity contribution in [3.8, 4) is 0 Å². The summed E-state index contributed by atoms with van der Waals surface area (Å²) in [6.07, 6.45) is 8.72. The smallest absolute Gasteiger partial charge is 0.169 e. The molecule has 0 amide bonds. The Bertz CT molecular complexity index is 275. The first-order valence-electron chi connectivity index (χ1n) is 7.42. The fourth-order valence-corrected chi connectivity index (χ4v) is 5.12. The molecule has 1 spiro atoms. The molecule has 0 bridgehead atoms. The van der Waals surface area contributed by atoms with Crippen LogP contribution in [-0.4, -0.2) is 36.0 Å². The van der Waals surface area contributed by atoms with E-state index in [1.165, 1.54) is 31.4 Å². The molecule has 0 aromatic carbocycles. The van der Waals surface area contributed by atoms with Gasteiger partial charge >= 0.3 is 0 Å². The molecule has 2 N–H and O–H groups in total. The number of ether oxygens (including phenoxy) is 2. The van der Waals surface area contributed by atoms with E-state index < -0.39 is 0 Å². The van der Waals surface area contributed by atoms with Crippen molar-refractivity contribution >= 4 is 11.8 Å². The minimum absolute atomic E-state index is 0.275. The maximum Gasteiger partial charge on any atom is 0.169 e. The SMILES string of the molecule is NC1CCC2(CC1SCC1CCCC1)OCCO2. The van der Waals surface area contributed by atoms with Gasteiger partial charge in [0.2, 0.25) is 0 Å². The summed E-state index contributed by atoms with van der Waals surface area (Å²) in [5.74, 6) is 1.95. The van der Waals surface area contributed by atoms with Crippen LogP contribution in [0.4, 0.5) is 0 Å². The van der Waals surface area contributed by atoms with Gasteiger partial charge in [-0.05, 0) is 30.9 Å². The highest BCUT2D eigenvalue weighted by atomic mass is 32.2. The van der Waals surface area contributed by atoms with Gasteiger partial charge in [-0.2, -0.15) is 11.8 Å². The molecule has 18 heavy (non-hydrogen) atoms. The van der Waals surface area contributed by atoms with Crippen LogP contribution in [0.3, 0.4) is 0 Å². The van der Waals surface area contributed by atoms with Gasteiger partial charge in [-0.3, -0.25) is 0 Å². The lowest BCUT2D eigenvalue weighted by atomic mass is 9.90. The third kappa shape index (κ3) is 2.87. The maximum absolute atomic E-state index is 6.28. The zero-order valence-corrected chi connectivity index (χ0v) is 11.9.